The number of hydrogen-bond acceptors (Lipinski definition) is 3. The highest BCUT2D eigenvalue weighted by Gasteiger charge is 2.22. The molecule has 4 nitrogen and oxygen atoms in total. The van der Waals surface area contributed by atoms with Crippen LogP contribution in [0.15, 0.2) is 0 Å². The maximum absolute atomic E-state index is 11.4. The molecule has 86 valence electrons. The molecule has 0 aliphatic carbocycles. The summed E-state index contributed by atoms with van der Waals surface area (Å²) in [5.74, 6) is 2.00. The zero-order valence-electron chi connectivity index (χ0n) is 9.36. The molecule has 0 radical (unpaired) electrons. The van der Waals surface area contributed by atoms with E-state index in [-0.39, 0.29) is 6.04 Å². The zero-order valence-corrected chi connectivity index (χ0v) is 9.36. The molecule has 0 aromatic rings. The van der Waals surface area contributed by atoms with Crippen LogP contribution in [0.1, 0.15) is 33.1 Å². The minimum Gasteiger partial charge on any atom is -0.382 e. The molecule has 0 aromatic heterocycles. The van der Waals surface area contributed by atoms with Gasteiger partial charge in [-0.2, -0.15) is 0 Å². The van der Waals surface area contributed by atoms with Crippen molar-refractivity contribution in [3.05, 3.63) is 0 Å². The Bertz CT molecular complexity index is 235. The van der Waals surface area contributed by atoms with E-state index in [9.17, 15) is 9.90 Å². The smallest absolute Gasteiger partial charge is 0.250 e. The Morgan fingerprint density at radius 1 is 1.67 bits per heavy atom. The number of rotatable bonds is 6. The lowest BCUT2D eigenvalue weighted by atomic mass is 10.1. The van der Waals surface area contributed by atoms with Crippen molar-refractivity contribution in [3.63, 3.8) is 0 Å². The van der Waals surface area contributed by atoms with Crippen LogP contribution in [0.2, 0.25) is 0 Å². The number of carbonyl (C=O) groups is 1. The van der Waals surface area contributed by atoms with Crippen molar-refractivity contribution in [1.82, 2.24) is 5.32 Å². The van der Waals surface area contributed by atoms with E-state index >= 15 is 0 Å². The van der Waals surface area contributed by atoms with Gasteiger partial charge in [-0.1, -0.05) is 6.92 Å². The highest BCUT2D eigenvalue weighted by Crippen LogP contribution is 2.00. The Morgan fingerprint density at radius 3 is 2.73 bits per heavy atom. The molecule has 1 amide bonds. The molecule has 0 aromatic carbocycles. The van der Waals surface area contributed by atoms with E-state index in [4.69, 9.17) is 12.2 Å². The molecule has 0 bridgehead atoms. The van der Waals surface area contributed by atoms with Gasteiger partial charge in [-0.3, -0.25) is 4.79 Å². The predicted octanol–water partition coefficient (Wildman–Crippen LogP) is 0.00270. The van der Waals surface area contributed by atoms with E-state index in [0.717, 1.165) is 6.42 Å². The van der Waals surface area contributed by atoms with Crippen molar-refractivity contribution in [3.8, 4) is 12.3 Å². The number of aliphatic hydroxyl groups is 1. The molecule has 15 heavy (non-hydrogen) atoms. The molecule has 4 heteroatoms. The fourth-order valence-electron chi connectivity index (χ4n) is 1.03. The summed E-state index contributed by atoms with van der Waals surface area (Å²) in [6.45, 7) is 3.83. The normalized spacial score (nSPS) is 16.2. The lowest BCUT2D eigenvalue weighted by Gasteiger charge is -2.19. The van der Waals surface area contributed by atoms with Crippen LogP contribution >= 0.6 is 0 Å². The van der Waals surface area contributed by atoms with E-state index in [1.165, 1.54) is 0 Å². The van der Waals surface area contributed by atoms with Crippen molar-refractivity contribution in [2.45, 2.75) is 51.3 Å². The second kappa shape index (κ2) is 7.27. The monoisotopic (exact) mass is 212 g/mol. The second-order valence-corrected chi connectivity index (χ2v) is 3.67. The molecule has 0 rings (SSSR count). The summed E-state index contributed by atoms with van der Waals surface area (Å²) in [5, 5.41) is 12.2. The van der Waals surface area contributed by atoms with Gasteiger partial charge in [0.15, 0.2) is 0 Å². The van der Waals surface area contributed by atoms with Gasteiger partial charge >= 0.3 is 0 Å². The number of carbonyl (C=O) groups excluding carboxylic acids is 1. The third-order valence-electron chi connectivity index (χ3n) is 2.30. The summed E-state index contributed by atoms with van der Waals surface area (Å²) in [6, 6.07) is -0.544. The predicted molar refractivity (Wildman–Crippen MR) is 59.9 cm³/mol. The fraction of sp³-hybridized carbons (Fsp3) is 0.727. The number of nitrogens with one attached hydrogen (secondary N) is 1. The maximum Gasteiger partial charge on any atom is 0.250 e. The van der Waals surface area contributed by atoms with Gasteiger partial charge in [0.05, 0.1) is 0 Å². The van der Waals surface area contributed by atoms with Gasteiger partial charge in [-0.25, -0.2) is 0 Å². The van der Waals surface area contributed by atoms with Crippen LogP contribution in [0.4, 0.5) is 0 Å². The molecule has 0 spiro atoms. The SMILES string of the molecule is C#CCCC(N)C(O)C(=O)NC(C)CC. The zero-order chi connectivity index (χ0) is 11.8. The highest BCUT2D eigenvalue weighted by atomic mass is 16.3. The van der Waals surface area contributed by atoms with E-state index in [2.05, 4.69) is 11.2 Å². The topological polar surface area (TPSA) is 75.3 Å². The molecule has 3 atom stereocenters. The molecule has 4 N–H and O–H groups in total. The first-order chi connectivity index (χ1) is 7.02. The number of aliphatic hydroxyl groups excluding tert-OH is 1. The fourth-order valence-corrected chi connectivity index (χ4v) is 1.03. The van der Waals surface area contributed by atoms with Gasteiger partial charge in [0.2, 0.25) is 0 Å². The van der Waals surface area contributed by atoms with E-state index in [0.29, 0.717) is 12.8 Å². The van der Waals surface area contributed by atoms with Crippen LogP contribution in [-0.2, 0) is 4.79 Å². The van der Waals surface area contributed by atoms with Gasteiger partial charge in [0, 0.05) is 18.5 Å². The van der Waals surface area contributed by atoms with Gasteiger partial charge in [0.1, 0.15) is 6.10 Å². The number of amides is 1. The largest absolute Gasteiger partial charge is 0.382 e. The Hall–Kier alpha value is -1.05. The van der Waals surface area contributed by atoms with Crippen molar-refractivity contribution >= 4 is 5.91 Å². The van der Waals surface area contributed by atoms with Crippen LogP contribution < -0.4 is 11.1 Å². The summed E-state index contributed by atoms with van der Waals surface area (Å²) in [5.41, 5.74) is 5.61. The maximum atomic E-state index is 11.4. The van der Waals surface area contributed by atoms with Gasteiger partial charge < -0.3 is 16.2 Å². The van der Waals surface area contributed by atoms with Crippen molar-refractivity contribution in [1.29, 1.82) is 0 Å². The highest BCUT2D eigenvalue weighted by molar-refractivity contribution is 5.81. The van der Waals surface area contributed by atoms with Crippen molar-refractivity contribution in [2.75, 3.05) is 0 Å². The summed E-state index contributed by atoms with van der Waals surface area (Å²) >= 11 is 0. The van der Waals surface area contributed by atoms with E-state index in [1.807, 2.05) is 13.8 Å². The van der Waals surface area contributed by atoms with Crippen LogP contribution in [-0.4, -0.2) is 29.2 Å². The van der Waals surface area contributed by atoms with Gasteiger partial charge in [-0.15, -0.1) is 12.3 Å². The van der Waals surface area contributed by atoms with Gasteiger partial charge in [0.25, 0.3) is 5.91 Å². The standard InChI is InChI=1S/C11H20N2O2/c1-4-6-7-9(12)10(14)11(15)13-8(3)5-2/h1,8-10,14H,5-7,12H2,2-3H3,(H,13,15). The summed E-state index contributed by atoms with van der Waals surface area (Å²) < 4.78 is 0. The second-order valence-electron chi connectivity index (χ2n) is 3.67. The summed E-state index contributed by atoms with van der Waals surface area (Å²) in [6.07, 6.45) is 5.63. The molecular formula is C11H20N2O2. The number of terminal acetylenes is 1. The minimum atomic E-state index is -1.17. The first kappa shape index (κ1) is 13.9. The third-order valence-corrected chi connectivity index (χ3v) is 2.30. The first-order valence-electron chi connectivity index (χ1n) is 5.20. The Morgan fingerprint density at radius 2 is 2.27 bits per heavy atom. The minimum absolute atomic E-state index is 0.0481. The molecule has 0 fully saturated rings. The number of nitrogens with two attached hydrogens (primary N) is 1. The van der Waals surface area contributed by atoms with E-state index in [1.54, 1.807) is 0 Å². The lowest BCUT2D eigenvalue weighted by molar-refractivity contribution is -0.131. The average Bonchev–Trinajstić information content (AvgIpc) is 2.24. The summed E-state index contributed by atoms with van der Waals surface area (Å²) in [7, 11) is 0. The molecule has 3 unspecified atom stereocenters. The molecule has 0 heterocycles. The van der Waals surface area contributed by atoms with Gasteiger partial charge in [-0.05, 0) is 19.8 Å². The molecule has 0 saturated heterocycles. The van der Waals surface area contributed by atoms with Crippen LogP contribution in [0.5, 0.6) is 0 Å². The average molecular weight is 212 g/mol. The lowest BCUT2D eigenvalue weighted by Crippen LogP contribution is -2.48. The first-order valence-corrected chi connectivity index (χ1v) is 5.20. The van der Waals surface area contributed by atoms with Crippen LogP contribution in [0.25, 0.3) is 0 Å². The molecule has 0 saturated carbocycles. The van der Waals surface area contributed by atoms with Crippen LogP contribution in [0.3, 0.4) is 0 Å². The Kier molecular flexibility index (Phi) is 6.76. The molecule has 0 aliphatic heterocycles. The summed E-state index contributed by atoms with van der Waals surface area (Å²) in [4.78, 5) is 11.4. The Balaban J connectivity index is 4.02. The van der Waals surface area contributed by atoms with Crippen molar-refractivity contribution in [2.24, 2.45) is 5.73 Å². The van der Waals surface area contributed by atoms with Crippen molar-refractivity contribution < 1.29 is 9.90 Å². The number of hydrogen-bond donors (Lipinski definition) is 3. The third kappa shape index (κ3) is 5.40. The van der Waals surface area contributed by atoms with E-state index < -0.39 is 18.1 Å². The molecule has 0 aliphatic rings. The quantitative estimate of drug-likeness (QED) is 0.543. The molecular weight excluding hydrogens is 192 g/mol. The Labute approximate surface area is 91.2 Å². The van der Waals surface area contributed by atoms with Crippen LogP contribution in [0, 0.1) is 12.3 Å².